The summed E-state index contributed by atoms with van der Waals surface area (Å²) >= 11 is 0. The van der Waals surface area contributed by atoms with Crippen LogP contribution in [0.4, 0.5) is 4.79 Å². The van der Waals surface area contributed by atoms with E-state index in [1.165, 1.54) is 10.9 Å². The molecule has 3 amide bonds. The monoisotopic (exact) mass is 220 g/mol. The van der Waals surface area contributed by atoms with Crippen molar-refractivity contribution in [2.24, 2.45) is 0 Å². The second-order valence-electron chi connectivity index (χ2n) is 3.17. The van der Waals surface area contributed by atoms with Crippen molar-refractivity contribution in [1.82, 2.24) is 25.0 Å². The third-order valence-corrected chi connectivity index (χ3v) is 2.18. The van der Waals surface area contributed by atoms with E-state index in [-0.39, 0.29) is 18.3 Å². The molecule has 1 aliphatic rings. The van der Waals surface area contributed by atoms with Gasteiger partial charge >= 0.3 is 6.03 Å². The van der Waals surface area contributed by atoms with Crippen LogP contribution < -0.4 is 5.32 Å². The Hall–Kier alpha value is -2.43. The van der Waals surface area contributed by atoms with Gasteiger partial charge in [-0.05, 0) is 0 Å². The first-order valence-corrected chi connectivity index (χ1v) is 4.58. The number of amides is 3. The normalized spacial score (nSPS) is 14.7. The molecule has 2 rings (SSSR count). The Labute approximate surface area is 90.5 Å². The number of hydrogen-bond acceptors (Lipinski definition) is 5. The first kappa shape index (κ1) is 10.1. The van der Waals surface area contributed by atoms with Crippen LogP contribution in [0.2, 0.25) is 0 Å². The Morgan fingerprint density at radius 1 is 1.69 bits per heavy atom. The van der Waals surface area contributed by atoms with E-state index < -0.39 is 6.03 Å². The van der Waals surface area contributed by atoms with E-state index in [4.69, 9.17) is 5.26 Å². The molecule has 0 saturated carbocycles. The molecule has 1 saturated heterocycles. The lowest BCUT2D eigenvalue weighted by Gasteiger charge is -2.11. The zero-order valence-corrected chi connectivity index (χ0v) is 8.25. The molecule has 8 nitrogen and oxygen atoms in total. The Kier molecular flexibility index (Phi) is 2.51. The summed E-state index contributed by atoms with van der Waals surface area (Å²) in [4.78, 5) is 24.0. The molecule has 8 heteroatoms. The SMILES string of the molecule is N#Cc1nncn1CC(=O)N1CCNC1=O. The van der Waals surface area contributed by atoms with Crippen molar-refractivity contribution in [1.29, 1.82) is 5.26 Å². The molecule has 0 unspecified atom stereocenters. The van der Waals surface area contributed by atoms with Crippen molar-refractivity contribution in [3.05, 3.63) is 12.2 Å². The zero-order valence-electron chi connectivity index (χ0n) is 8.25. The van der Waals surface area contributed by atoms with Gasteiger partial charge in [0.15, 0.2) is 0 Å². The van der Waals surface area contributed by atoms with Crippen molar-refractivity contribution in [3.8, 4) is 6.07 Å². The first-order valence-electron chi connectivity index (χ1n) is 4.58. The number of imide groups is 1. The maximum Gasteiger partial charge on any atom is 0.324 e. The van der Waals surface area contributed by atoms with Crippen molar-refractivity contribution in [3.63, 3.8) is 0 Å². The summed E-state index contributed by atoms with van der Waals surface area (Å²) in [5.41, 5.74) is 0. The molecular weight excluding hydrogens is 212 g/mol. The fraction of sp³-hybridized carbons (Fsp3) is 0.375. The number of nitrogens with zero attached hydrogens (tertiary/aromatic N) is 5. The van der Waals surface area contributed by atoms with Gasteiger partial charge in [-0.2, -0.15) is 5.26 Å². The van der Waals surface area contributed by atoms with E-state index in [1.54, 1.807) is 6.07 Å². The van der Waals surface area contributed by atoms with Crippen LogP contribution in [0.1, 0.15) is 5.82 Å². The minimum Gasteiger partial charge on any atom is -0.336 e. The molecule has 1 aromatic heterocycles. The topological polar surface area (TPSA) is 104 Å². The predicted molar refractivity (Wildman–Crippen MR) is 49.8 cm³/mol. The molecule has 0 atom stereocenters. The molecule has 0 bridgehead atoms. The molecule has 0 aromatic carbocycles. The minimum atomic E-state index is -0.406. The average Bonchev–Trinajstić information content (AvgIpc) is 2.86. The second-order valence-corrected chi connectivity index (χ2v) is 3.17. The van der Waals surface area contributed by atoms with E-state index in [0.717, 1.165) is 4.90 Å². The summed E-state index contributed by atoms with van der Waals surface area (Å²) in [7, 11) is 0. The Balaban J connectivity index is 2.08. The van der Waals surface area contributed by atoms with E-state index in [1.807, 2.05) is 0 Å². The van der Waals surface area contributed by atoms with Gasteiger partial charge in [-0.3, -0.25) is 14.3 Å². The maximum atomic E-state index is 11.7. The molecule has 1 N–H and O–H groups in total. The van der Waals surface area contributed by atoms with E-state index >= 15 is 0 Å². The number of urea groups is 1. The predicted octanol–water partition coefficient (Wildman–Crippen LogP) is -1.30. The summed E-state index contributed by atoms with van der Waals surface area (Å²) in [5, 5.41) is 18.2. The van der Waals surface area contributed by atoms with E-state index in [2.05, 4.69) is 15.5 Å². The van der Waals surface area contributed by atoms with Gasteiger partial charge in [0.25, 0.3) is 5.91 Å². The third kappa shape index (κ3) is 1.70. The number of rotatable bonds is 2. The lowest BCUT2D eigenvalue weighted by Crippen LogP contribution is -2.36. The van der Waals surface area contributed by atoms with E-state index in [0.29, 0.717) is 13.1 Å². The fourth-order valence-corrected chi connectivity index (χ4v) is 1.40. The van der Waals surface area contributed by atoms with Crippen LogP contribution in [0, 0.1) is 11.3 Å². The van der Waals surface area contributed by atoms with Gasteiger partial charge in [0.2, 0.25) is 5.82 Å². The minimum absolute atomic E-state index is 0.0490. The summed E-state index contributed by atoms with van der Waals surface area (Å²) in [6.45, 7) is 0.697. The molecule has 0 radical (unpaired) electrons. The first-order chi connectivity index (χ1) is 7.72. The molecule has 2 heterocycles. The average molecular weight is 220 g/mol. The van der Waals surface area contributed by atoms with Gasteiger partial charge in [-0.25, -0.2) is 4.79 Å². The summed E-state index contributed by atoms with van der Waals surface area (Å²) < 4.78 is 1.30. The van der Waals surface area contributed by atoms with Crippen LogP contribution in [0.3, 0.4) is 0 Å². The maximum absolute atomic E-state index is 11.7. The number of aromatic nitrogens is 3. The highest BCUT2D eigenvalue weighted by molar-refractivity contribution is 5.95. The molecule has 1 aliphatic heterocycles. The van der Waals surface area contributed by atoms with Gasteiger partial charge in [0.1, 0.15) is 18.9 Å². The summed E-state index contributed by atoms with van der Waals surface area (Å²) in [5.74, 6) is -0.334. The van der Waals surface area contributed by atoms with E-state index in [9.17, 15) is 9.59 Å². The molecule has 1 aromatic rings. The largest absolute Gasteiger partial charge is 0.336 e. The lowest BCUT2D eigenvalue weighted by atomic mass is 10.5. The van der Waals surface area contributed by atoms with Crippen LogP contribution in [-0.2, 0) is 11.3 Å². The van der Waals surface area contributed by atoms with Gasteiger partial charge in [-0.1, -0.05) is 0 Å². The Bertz CT molecular complexity index is 473. The highest BCUT2D eigenvalue weighted by Crippen LogP contribution is 2.01. The van der Waals surface area contributed by atoms with Crippen molar-refractivity contribution in [2.75, 3.05) is 13.1 Å². The zero-order chi connectivity index (χ0) is 11.5. The molecular formula is C8H8N6O2. The quantitative estimate of drug-likeness (QED) is 0.667. The third-order valence-electron chi connectivity index (χ3n) is 2.18. The Morgan fingerprint density at radius 3 is 3.12 bits per heavy atom. The highest BCUT2D eigenvalue weighted by atomic mass is 16.2. The Morgan fingerprint density at radius 2 is 2.50 bits per heavy atom. The van der Waals surface area contributed by atoms with Crippen molar-refractivity contribution < 1.29 is 9.59 Å². The lowest BCUT2D eigenvalue weighted by molar-refractivity contribution is -0.128. The van der Waals surface area contributed by atoms with Crippen molar-refractivity contribution >= 4 is 11.9 Å². The fourth-order valence-electron chi connectivity index (χ4n) is 1.40. The number of carbonyl (C=O) groups excluding carboxylic acids is 2. The standard InChI is InChI=1S/C8H8N6O2/c9-3-6-12-11-5-13(6)4-7(15)14-2-1-10-8(14)16/h5H,1-2,4H2,(H,10,16). The molecule has 16 heavy (non-hydrogen) atoms. The molecule has 1 fully saturated rings. The number of nitrogens with one attached hydrogen (secondary N) is 1. The second kappa shape index (κ2) is 3.98. The van der Waals surface area contributed by atoms with Crippen LogP contribution in [0.15, 0.2) is 6.33 Å². The van der Waals surface area contributed by atoms with Crippen molar-refractivity contribution in [2.45, 2.75) is 6.54 Å². The van der Waals surface area contributed by atoms with Gasteiger partial charge in [0, 0.05) is 13.1 Å². The molecule has 82 valence electrons. The van der Waals surface area contributed by atoms with Crippen LogP contribution in [-0.4, -0.2) is 44.7 Å². The van der Waals surface area contributed by atoms with Gasteiger partial charge in [-0.15, -0.1) is 10.2 Å². The van der Waals surface area contributed by atoms with Gasteiger partial charge in [0.05, 0.1) is 0 Å². The number of carbonyl (C=O) groups is 2. The smallest absolute Gasteiger partial charge is 0.324 e. The number of hydrogen-bond donors (Lipinski definition) is 1. The van der Waals surface area contributed by atoms with Gasteiger partial charge < -0.3 is 5.32 Å². The van der Waals surface area contributed by atoms with Crippen LogP contribution in [0.25, 0.3) is 0 Å². The van der Waals surface area contributed by atoms with Crippen LogP contribution >= 0.6 is 0 Å². The van der Waals surface area contributed by atoms with Crippen LogP contribution in [0.5, 0.6) is 0 Å². The highest BCUT2D eigenvalue weighted by Gasteiger charge is 2.26. The summed E-state index contributed by atoms with van der Waals surface area (Å²) in [6, 6.07) is 1.39. The number of nitriles is 1. The molecule has 0 aliphatic carbocycles. The summed E-state index contributed by atoms with van der Waals surface area (Å²) in [6.07, 6.45) is 1.28. The molecule has 0 spiro atoms.